The third kappa shape index (κ3) is 4.38. The summed E-state index contributed by atoms with van der Waals surface area (Å²) in [5.74, 6) is 1.40. The second-order valence-electron chi connectivity index (χ2n) is 7.11. The Kier molecular flexibility index (Phi) is 5.73. The zero-order valence-corrected chi connectivity index (χ0v) is 16.3. The summed E-state index contributed by atoms with van der Waals surface area (Å²) in [7, 11) is 0. The molecule has 8 nitrogen and oxygen atoms in total. The molecule has 1 aliphatic rings. The molecule has 2 aromatic heterocycles. The predicted octanol–water partition coefficient (Wildman–Crippen LogP) is 1.49. The van der Waals surface area contributed by atoms with E-state index in [-0.39, 0.29) is 24.1 Å². The van der Waals surface area contributed by atoms with Crippen LogP contribution in [-0.4, -0.2) is 53.2 Å². The third-order valence-corrected chi connectivity index (χ3v) is 5.11. The average Bonchev–Trinajstić information content (AvgIpc) is 3.17. The van der Waals surface area contributed by atoms with Gasteiger partial charge in [0.25, 0.3) is 5.56 Å². The van der Waals surface area contributed by atoms with Gasteiger partial charge >= 0.3 is 0 Å². The van der Waals surface area contributed by atoms with Crippen molar-refractivity contribution in [2.75, 3.05) is 32.8 Å². The lowest BCUT2D eigenvalue weighted by Crippen LogP contribution is -2.44. The van der Waals surface area contributed by atoms with Gasteiger partial charge < -0.3 is 14.5 Å². The van der Waals surface area contributed by atoms with E-state index in [2.05, 4.69) is 15.2 Å². The Morgan fingerprint density at radius 1 is 1.21 bits per heavy atom. The molecule has 29 heavy (non-hydrogen) atoms. The highest BCUT2D eigenvalue weighted by Gasteiger charge is 2.25. The van der Waals surface area contributed by atoms with Crippen LogP contribution in [0.5, 0.6) is 0 Å². The third-order valence-electron chi connectivity index (χ3n) is 5.11. The van der Waals surface area contributed by atoms with Crippen LogP contribution in [0.1, 0.15) is 17.6 Å². The Morgan fingerprint density at radius 2 is 2.00 bits per heavy atom. The van der Waals surface area contributed by atoms with E-state index in [9.17, 15) is 9.59 Å². The molecule has 0 saturated carbocycles. The normalized spacial score (nSPS) is 16.0. The van der Waals surface area contributed by atoms with Gasteiger partial charge in [0, 0.05) is 19.6 Å². The van der Waals surface area contributed by atoms with Crippen LogP contribution in [0, 0.1) is 6.92 Å². The molecule has 152 valence electrons. The van der Waals surface area contributed by atoms with Crippen molar-refractivity contribution in [3.63, 3.8) is 0 Å². The second-order valence-corrected chi connectivity index (χ2v) is 7.11. The van der Waals surface area contributed by atoms with Gasteiger partial charge in [-0.05, 0) is 31.2 Å². The van der Waals surface area contributed by atoms with E-state index in [1.165, 1.54) is 10.9 Å². The summed E-state index contributed by atoms with van der Waals surface area (Å²) in [6, 6.07) is 10.9. The van der Waals surface area contributed by atoms with Gasteiger partial charge in [-0.3, -0.25) is 19.1 Å². The van der Waals surface area contributed by atoms with Crippen LogP contribution in [0.4, 0.5) is 0 Å². The highest BCUT2D eigenvalue weighted by atomic mass is 16.5. The molecule has 0 aliphatic carbocycles. The average molecular weight is 396 g/mol. The largest absolute Gasteiger partial charge is 0.465 e. The van der Waals surface area contributed by atoms with Crippen LogP contribution in [0.25, 0.3) is 10.9 Å². The molecule has 0 bridgehead atoms. The smallest absolute Gasteiger partial charge is 0.261 e. The maximum absolute atomic E-state index is 12.6. The zero-order valence-electron chi connectivity index (χ0n) is 16.3. The summed E-state index contributed by atoms with van der Waals surface area (Å²) in [6.07, 6.45) is 1.42. The van der Waals surface area contributed by atoms with Gasteiger partial charge in [0.05, 0.1) is 36.5 Å². The van der Waals surface area contributed by atoms with E-state index in [1.54, 1.807) is 18.2 Å². The van der Waals surface area contributed by atoms with E-state index >= 15 is 0 Å². The van der Waals surface area contributed by atoms with Crippen molar-refractivity contribution < 1.29 is 13.9 Å². The number of benzene rings is 1. The molecule has 4 rings (SSSR count). The quantitative estimate of drug-likeness (QED) is 0.679. The van der Waals surface area contributed by atoms with E-state index < -0.39 is 0 Å². The molecule has 1 saturated heterocycles. The van der Waals surface area contributed by atoms with E-state index in [0.717, 1.165) is 24.6 Å². The fourth-order valence-corrected chi connectivity index (χ4v) is 3.57. The number of furan rings is 1. The Hall–Kier alpha value is -2.97. The number of nitrogens with zero attached hydrogens (tertiary/aromatic N) is 3. The molecule has 0 radical (unpaired) electrons. The lowest BCUT2D eigenvalue weighted by Gasteiger charge is -2.33. The van der Waals surface area contributed by atoms with Crippen molar-refractivity contribution in [3.05, 3.63) is 64.6 Å². The van der Waals surface area contributed by atoms with Crippen LogP contribution < -0.4 is 10.9 Å². The van der Waals surface area contributed by atoms with Crippen molar-refractivity contribution in [1.82, 2.24) is 19.8 Å². The first-order chi connectivity index (χ1) is 14.1. The number of aromatic nitrogens is 2. The minimum atomic E-state index is -0.245. The molecule has 1 aliphatic heterocycles. The molecule has 1 amide bonds. The summed E-state index contributed by atoms with van der Waals surface area (Å²) < 4.78 is 12.6. The van der Waals surface area contributed by atoms with Crippen molar-refractivity contribution in [3.8, 4) is 0 Å². The maximum Gasteiger partial charge on any atom is 0.261 e. The van der Waals surface area contributed by atoms with Gasteiger partial charge in [0.15, 0.2) is 0 Å². The lowest BCUT2D eigenvalue weighted by molar-refractivity contribution is -0.122. The molecule has 8 heteroatoms. The summed E-state index contributed by atoms with van der Waals surface area (Å²) in [5, 5.41) is 3.44. The van der Waals surface area contributed by atoms with E-state index in [0.29, 0.717) is 30.7 Å². The summed E-state index contributed by atoms with van der Waals surface area (Å²) in [4.78, 5) is 31.6. The standard InChI is InChI=1S/C21H24N4O4/c1-15-6-7-19(29-15)18(24-8-10-28-11-9-24)12-22-20(26)13-25-14-23-17-5-3-2-4-16(17)21(25)27/h2-7,14,18H,8-13H2,1H3,(H,22,26). The Balaban J connectivity index is 1.45. The summed E-state index contributed by atoms with van der Waals surface area (Å²) >= 11 is 0. The van der Waals surface area contributed by atoms with Gasteiger partial charge in [-0.15, -0.1) is 0 Å². The molecule has 1 N–H and O–H groups in total. The van der Waals surface area contributed by atoms with Crippen LogP contribution in [-0.2, 0) is 16.1 Å². The van der Waals surface area contributed by atoms with Crippen LogP contribution >= 0.6 is 0 Å². The van der Waals surface area contributed by atoms with Crippen LogP contribution in [0.15, 0.2) is 51.9 Å². The number of carbonyl (C=O) groups excluding carboxylic acids is 1. The van der Waals surface area contributed by atoms with E-state index in [1.807, 2.05) is 25.1 Å². The number of morpholine rings is 1. The van der Waals surface area contributed by atoms with Gasteiger partial charge in [-0.1, -0.05) is 12.1 Å². The number of rotatable bonds is 6. The topological polar surface area (TPSA) is 89.6 Å². The zero-order chi connectivity index (χ0) is 20.2. The molecular formula is C21H24N4O4. The Morgan fingerprint density at radius 3 is 2.76 bits per heavy atom. The molecule has 3 aromatic rings. The number of nitrogens with one attached hydrogen (secondary N) is 1. The maximum atomic E-state index is 12.6. The van der Waals surface area contributed by atoms with E-state index in [4.69, 9.17) is 9.15 Å². The number of aryl methyl sites for hydroxylation is 1. The van der Waals surface area contributed by atoms with Crippen molar-refractivity contribution in [1.29, 1.82) is 0 Å². The van der Waals surface area contributed by atoms with Gasteiger partial charge in [-0.2, -0.15) is 0 Å². The van der Waals surface area contributed by atoms with Crippen molar-refractivity contribution in [2.24, 2.45) is 0 Å². The minimum Gasteiger partial charge on any atom is -0.465 e. The van der Waals surface area contributed by atoms with Gasteiger partial charge in [-0.25, -0.2) is 4.98 Å². The molecule has 0 spiro atoms. The van der Waals surface area contributed by atoms with Crippen molar-refractivity contribution in [2.45, 2.75) is 19.5 Å². The first-order valence-corrected chi connectivity index (χ1v) is 9.71. The summed E-state index contributed by atoms with van der Waals surface area (Å²) in [5.41, 5.74) is 0.395. The number of para-hydroxylation sites is 1. The molecule has 1 atom stereocenters. The summed E-state index contributed by atoms with van der Waals surface area (Å²) in [6.45, 7) is 5.07. The fourth-order valence-electron chi connectivity index (χ4n) is 3.57. The number of hydrogen-bond donors (Lipinski definition) is 1. The molecule has 1 unspecified atom stereocenters. The first-order valence-electron chi connectivity index (χ1n) is 9.71. The highest BCUT2D eigenvalue weighted by molar-refractivity contribution is 5.78. The fraction of sp³-hybridized carbons (Fsp3) is 0.381. The number of fused-ring (bicyclic) bond motifs is 1. The SMILES string of the molecule is Cc1ccc(C(CNC(=O)Cn2cnc3ccccc3c2=O)N2CCOCC2)o1. The lowest BCUT2D eigenvalue weighted by atomic mass is 10.1. The number of hydrogen-bond acceptors (Lipinski definition) is 6. The van der Waals surface area contributed by atoms with Crippen LogP contribution in [0.2, 0.25) is 0 Å². The minimum absolute atomic E-state index is 0.0797. The molecule has 1 fully saturated rings. The second kappa shape index (κ2) is 8.59. The first kappa shape index (κ1) is 19.4. The van der Waals surface area contributed by atoms with Gasteiger partial charge in [0.1, 0.15) is 18.1 Å². The predicted molar refractivity (Wildman–Crippen MR) is 108 cm³/mol. The molecule has 1 aromatic carbocycles. The molecular weight excluding hydrogens is 372 g/mol. The van der Waals surface area contributed by atoms with Crippen LogP contribution in [0.3, 0.4) is 0 Å². The number of ether oxygens (including phenoxy) is 1. The Labute approximate surface area is 168 Å². The van der Waals surface area contributed by atoms with Crippen molar-refractivity contribution >= 4 is 16.8 Å². The highest BCUT2D eigenvalue weighted by Crippen LogP contribution is 2.23. The number of amides is 1. The Bertz CT molecular complexity index is 1050. The molecule has 3 heterocycles. The monoisotopic (exact) mass is 396 g/mol. The number of carbonyl (C=O) groups is 1. The van der Waals surface area contributed by atoms with Gasteiger partial charge in [0.2, 0.25) is 5.91 Å².